The summed E-state index contributed by atoms with van der Waals surface area (Å²) in [6.07, 6.45) is 0.165. The van der Waals surface area contributed by atoms with Crippen LogP contribution in [0.4, 0.5) is 0 Å². The number of aromatic nitrogens is 1. The van der Waals surface area contributed by atoms with Crippen molar-refractivity contribution >= 4 is 33.6 Å². The van der Waals surface area contributed by atoms with E-state index in [0.29, 0.717) is 27.4 Å². The zero-order valence-electron chi connectivity index (χ0n) is 14.3. The van der Waals surface area contributed by atoms with Crippen molar-refractivity contribution in [3.8, 4) is 6.07 Å². The Bertz CT molecular complexity index is 985. The van der Waals surface area contributed by atoms with Gasteiger partial charge in [-0.25, -0.2) is 4.98 Å². The molecule has 3 aromatic rings. The molecular weight excluding hydrogens is 328 g/mol. The van der Waals surface area contributed by atoms with Gasteiger partial charge in [0.15, 0.2) is 0 Å². The number of nitrogens with zero attached hydrogens (tertiary/aromatic N) is 2. The molecule has 0 aliphatic heterocycles. The van der Waals surface area contributed by atoms with Crippen LogP contribution in [0.15, 0.2) is 48.5 Å². The highest BCUT2D eigenvalue weighted by Gasteiger charge is 2.24. The first-order valence-corrected chi connectivity index (χ1v) is 8.28. The number of benzene rings is 2. The van der Waals surface area contributed by atoms with E-state index in [4.69, 9.17) is 11.0 Å². The first-order valence-electron chi connectivity index (χ1n) is 8.28. The van der Waals surface area contributed by atoms with E-state index in [1.165, 1.54) is 0 Å². The lowest BCUT2D eigenvalue weighted by Gasteiger charge is -2.18. The van der Waals surface area contributed by atoms with E-state index >= 15 is 0 Å². The molecule has 2 atom stereocenters. The van der Waals surface area contributed by atoms with Crippen molar-refractivity contribution in [1.29, 1.82) is 5.26 Å². The quantitative estimate of drug-likeness (QED) is 0.692. The number of pyridine rings is 1. The maximum absolute atomic E-state index is 13.0. The molecule has 0 aliphatic carbocycles. The van der Waals surface area contributed by atoms with E-state index in [9.17, 15) is 9.59 Å². The summed E-state index contributed by atoms with van der Waals surface area (Å²) in [4.78, 5) is 29.3. The van der Waals surface area contributed by atoms with E-state index < -0.39 is 23.8 Å². The third kappa shape index (κ3) is 3.33. The zero-order valence-corrected chi connectivity index (χ0v) is 14.3. The lowest BCUT2D eigenvalue weighted by atomic mass is 9.99. The average molecular weight is 346 g/mol. The molecular formula is C20H18N4O2. The zero-order chi connectivity index (χ0) is 18.7. The van der Waals surface area contributed by atoms with Crippen LogP contribution in [0.1, 0.15) is 23.7 Å². The fourth-order valence-electron chi connectivity index (χ4n) is 2.97. The van der Waals surface area contributed by atoms with Gasteiger partial charge >= 0.3 is 0 Å². The number of carbonyl (C=O) groups excluding carboxylic acids is 2. The Morgan fingerprint density at radius 1 is 1.12 bits per heavy atom. The normalized spacial score (nSPS) is 13.1. The number of fused-ring (bicyclic) bond motifs is 2. The Labute approximate surface area is 150 Å². The van der Waals surface area contributed by atoms with Crippen molar-refractivity contribution in [3.63, 3.8) is 0 Å². The van der Waals surface area contributed by atoms with Crippen LogP contribution < -0.4 is 11.1 Å². The van der Waals surface area contributed by atoms with E-state index in [1.807, 2.05) is 48.5 Å². The molecule has 26 heavy (non-hydrogen) atoms. The number of amides is 2. The second kappa shape index (κ2) is 7.19. The molecule has 6 heteroatoms. The summed E-state index contributed by atoms with van der Waals surface area (Å²) in [5.74, 6) is -1.48. The minimum Gasteiger partial charge on any atom is -0.368 e. The molecule has 130 valence electrons. The highest BCUT2D eigenvalue weighted by atomic mass is 16.2. The van der Waals surface area contributed by atoms with Gasteiger partial charge in [-0.15, -0.1) is 0 Å². The van der Waals surface area contributed by atoms with E-state index in [1.54, 1.807) is 6.92 Å². The summed E-state index contributed by atoms with van der Waals surface area (Å²) in [6.45, 7) is 1.68. The third-order valence-corrected chi connectivity index (χ3v) is 4.27. The topological polar surface area (TPSA) is 109 Å². The van der Waals surface area contributed by atoms with Gasteiger partial charge in [-0.3, -0.25) is 9.59 Å². The Morgan fingerprint density at radius 3 is 2.15 bits per heavy atom. The van der Waals surface area contributed by atoms with Crippen LogP contribution in [-0.4, -0.2) is 22.8 Å². The summed E-state index contributed by atoms with van der Waals surface area (Å²) < 4.78 is 0. The number of primary amides is 1. The van der Waals surface area contributed by atoms with Crippen LogP contribution in [0.2, 0.25) is 0 Å². The number of nitriles is 1. The Morgan fingerprint density at radius 2 is 1.65 bits per heavy atom. The monoisotopic (exact) mass is 346 g/mol. The third-order valence-electron chi connectivity index (χ3n) is 4.27. The van der Waals surface area contributed by atoms with Gasteiger partial charge < -0.3 is 11.1 Å². The summed E-state index contributed by atoms with van der Waals surface area (Å²) in [5, 5.41) is 13.1. The molecule has 6 nitrogen and oxygen atoms in total. The smallest absolute Gasteiger partial charge is 0.253 e. The molecule has 0 spiro atoms. The Kier molecular flexibility index (Phi) is 4.81. The average Bonchev–Trinajstić information content (AvgIpc) is 2.65. The second-order valence-electron chi connectivity index (χ2n) is 6.22. The minimum atomic E-state index is -0.914. The summed E-state index contributed by atoms with van der Waals surface area (Å²) in [5.41, 5.74) is 7.25. The SMILES string of the molecule is C[C@H](C#N)C[C@H](NC(=O)c1c2ccccc2nc2ccccc12)C(N)=O. The molecule has 1 heterocycles. The first-order chi connectivity index (χ1) is 12.5. The van der Waals surface area contributed by atoms with E-state index in [0.717, 1.165) is 0 Å². The van der Waals surface area contributed by atoms with Gasteiger partial charge in [0.2, 0.25) is 5.91 Å². The second-order valence-corrected chi connectivity index (χ2v) is 6.22. The van der Waals surface area contributed by atoms with Crippen molar-refractivity contribution in [1.82, 2.24) is 10.3 Å². The van der Waals surface area contributed by atoms with Crippen LogP contribution in [0.25, 0.3) is 21.8 Å². The number of carbonyl (C=O) groups is 2. The predicted octanol–water partition coefficient (Wildman–Crippen LogP) is 2.52. The molecule has 2 aromatic carbocycles. The van der Waals surface area contributed by atoms with Crippen LogP contribution >= 0.6 is 0 Å². The summed E-state index contributed by atoms with van der Waals surface area (Å²) in [7, 11) is 0. The van der Waals surface area contributed by atoms with Gasteiger partial charge in [0.25, 0.3) is 5.91 Å². The van der Waals surface area contributed by atoms with Gasteiger partial charge in [-0.05, 0) is 25.5 Å². The maximum atomic E-state index is 13.0. The predicted molar refractivity (Wildman–Crippen MR) is 99.1 cm³/mol. The highest BCUT2D eigenvalue weighted by Crippen LogP contribution is 2.26. The van der Waals surface area contributed by atoms with Gasteiger partial charge in [-0.2, -0.15) is 5.26 Å². The molecule has 1 aromatic heterocycles. The highest BCUT2D eigenvalue weighted by molar-refractivity contribution is 6.16. The number of rotatable bonds is 5. The van der Waals surface area contributed by atoms with Gasteiger partial charge in [0.1, 0.15) is 6.04 Å². The molecule has 3 N–H and O–H groups in total. The lowest BCUT2D eigenvalue weighted by molar-refractivity contribution is -0.120. The Hall–Kier alpha value is -3.46. The van der Waals surface area contributed by atoms with Crippen molar-refractivity contribution in [2.75, 3.05) is 0 Å². The molecule has 0 aliphatic rings. The van der Waals surface area contributed by atoms with Gasteiger partial charge in [0.05, 0.1) is 22.7 Å². The van der Waals surface area contributed by atoms with Gasteiger partial charge in [-0.1, -0.05) is 36.4 Å². The molecule has 0 saturated heterocycles. The van der Waals surface area contributed by atoms with E-state index in [2.05, 4.69) is 16.4 Å². The molecule has 0 unspecified atom stereocenters. The number of para-hydroxylation sites is 2. The molecule has 0 bridgehead atoms. The van der Waals surface area contributed by atoms with Crippen LogP contribution in [0.5, 0.6) is 0 Å². The van der Waals surface area contributed by atoms with Crippen LogP contribution in [-0.2, 0) is 4.79 Å². The van der Waals surface area contributed by atoms with Crippen molar-refractivity contribution in [2.45, 2.75) is 19.4 Å². The number of hydrogen-bond donors (Lipinski definition) is 2. The van der Waals surface area contributed by atoms with Crippen molar-refractivity contribution < 1.29 is 9.59 Å². The molecule has 0 fully saturated rings. The minimum absolute atomic E-state index is 0.165. The number of nitrogens with two attached hydrogens (primary N) is 1. The van der Waals surface area contributed by atoms with Crippen LogP contribution in [0.3, 0.4) is 0 Å². The Balaban J connectivity index is 2.09. The maximum Gasteiger partial charge on any atom is 0.253 e. The van der Waals surface area contributed by atoms with E-state index in [-0.39, 0.29) is 6.42 Å². The fraction of sp³-hybridized carbons (Fsp3) is 0.200. The summed E-state index contributed by atoms with van der Waals surface area (Å²) >= 11 is 0. The molecule has 2 amide bonds. The fourth-order valence-corrected chi connectivity index (χ4v) is 2.97. The number of nitrogens with one attached hydrogen (secondary N) is 1. The molecule has 0 saturated carbocycles. The largest absolute Gasteiger partial charge is 0.368 e. The van der Waals surface area contributed by atoms with Crippen molar-refractivity contribution in [3.05, 3.63) is 54.1 Å². The molecule has 3 rings (SSSR count). The standard InChI is InChI=1S/C20H18N4O2/c1-12(11-21)10-17(19(22)25)24-20(26)18-13-6-2-4-8-15(13)23-16-9-5-3-7-14(16)18/h2-9,12,17H,10H2,1H3,(H2,22,25)(H,24,26)/t12-,17-/m0/s1. The van der Waals surface area contributed by atoms with Crippen LogP contribution in [0, 0.1) is 17.2 Å². The van der Waals surface area contributed by atoms with Crippen molar-refractivity contribution in [2.24, 2.45) is 11.7 Å². The van der Waals surface area contributed by atoms with Gasteiger partial charge in [0, 0.05) is 16.7 Å². The lowest BCUT2D eigenvalue weighted by Crippen LogP contribution is -2.45. The molecule has 0 radical (unpaired) electrons. The summed E-state index contributed by atoms with van der Waals surface area (Å²) in [6, 6.07) is 15.8. The first kappa shape index (κ1) is 17.4. The number of hydrogen-bond acceptors (Lipinski definition) is 4.